The molecule has 3 aromatic rings. The number of benzene rings is 1. The van der Waals surface area contributed by atoms with Crippen molar-refractivity contribution in [2.45, 2.75) is 0 Å². The molecule has 2 aromatic heterocycles. The average molecular weight is 275 g/mol. The molecule has 2 N–H and O–H groups in total. The third-order valence-corrected chi connectivity index (χ3v) is 3.15. The summed E-state index contributed by atoms with van der Waals surface area (Å²) in [5.74, 6) is 1.20. The quantitative estimate of drug-likeness (QED) is 0.754. The first-order valence-electron chi connectivity index (χ1n) is 5.74. The normalized spacial score (nSPS) is 10.8. The molecule has 0 saturated heterocycles. The molecule has 0 spiro atoms. The van der Waals surface area contributed by atoms with Gasteiger partial charge in [0.15, 0.2) is 0 Å². The minimum atomic E-state index is -0.360. The van der Waals surface area contributed by atoms with E-state index in [4.69, 9.17) is 11.6 Å². The molecular formula is C13H11ClN4O. The van der Waals surface area contributed by atoms with E-state index in [-0.39, 0.29) is 5.69 Å². The molecule has 1 aromatic carbocycles. The van der Waals surface area contributed by atoms with Gasteiger partial charge in [-0.05, 0) is 30.3 Å². The Morgan fingerprint density at radius 3 is 2.89 bits per heavy atom. The summed E-state index contributed by atoms with van der Waals surface area (Å²) in [7, 11) is 1.73. The van der Waals surface area contributed by atoms with E-state index >= 15 is 0 Å². The first-order valence-corrected chi connectivity index (χ1v) is 6.12. The molecule has 0 amide bonds. The van der Waals surface area contributed by atoms with E-state index < -0.39 is 0 Å². The predicted molar refractivity (Wildman–Crippen MR) is 76.2 cm³/mol. The van der Waals surface area contributed by atoms with E-state index in [9.17, 15) is 4.79 Å². The summed E-state index contributed by atoms with van der Waals surface area (Å²) in [6.07, 6.45) is 1.75. The van der Waals surface area contributed by atoms with Gasteiger partial charge >= 0.3 is 5.69 Å². The topological polar surface area (TPSA) is 62.7 Å². The van der Waals surface area contributed by atoms with E-state index in [2.05, 4.69) is 15.3 Å². The summed E-state index contributed by atoms with van der Waals surface area (Å²) in [5, 5.41) is 4.33. The molecule has 0 aliphatic rings. The monoisotopic (exact) mass is 274 g/mol. The first-order chi connectivity index (χ1) is 9.20. The van der Waals surface area contributed by atoms with Gasteiger partial charge in [-0.2, -0.15) is 4.98 Å². The van der Waals surface area contributed by atoms with Crippen LogP contribution in [0.25, 0.3) is 16.7 Å². The Morgan fingerprint density at radius 1 is 1.37 bits per heavy atom. The van der Waals surface area contributed by atoms with Gasteiger partial charge < -0.3 is 10.3 Å². The summed E-state index contributed by atoms with van der Waals surface area (Å²) >= 11 is 6.03. The van der Waals surface area contributed by atoms with Crippen molar-refractivity contribution < 1.29 is 0 Å². The van der Waals surface area contributed by atoms with E-state index in [1.54, 1.807) is 25.4 Å². The smallest absolute Gasteiger partial charge is 0.355 e. The zero-order chi connectivity index (χ0) is 13.4. The van der Waals surface area contributed by atoms with Crippen molar-refractivity contribution >= 4 is 28.3 Å². The fourth-order valence-electron chi connectivity index (χ4n) is 2.08. The molecule has 0 aliphatic heterocycles. The highest BCUT2D eigenvalue weighted by Crippen LogP contribution is 2.24. The van der Waals surface area contributed by atoms with Gasteiger partial charge in [-0.3, -0.25) is 0 Å². The second kappa shape index (κ2) is 4.44. The number of nitrogens with zero attached hydrogens (tertiary/aromatic N) is 2. The van der Waals surface area contributed by atoms with Gasteiger partial charge in [0.05, 0.1) is 5.52 Å². The summed E-state index contributed by atoms with van der Waals surface area (Å²) in [5.41, 5.74) is 0.348. The standard InChI is InChI=1S/C13H11ClN4O/c1-15-12-9-5-4-8(14)7-10(9)18(13(19)17-12)11-3-2-6-16-11/h2-7,16H,1H3,(H,15,17,19). The van der Waals surface area contributed by atoms with Crippen LogP contribution in [0, 0.1) is 0 Å². The van der Waals surface area contributed by atoms with Crippen molar-refractivity contribution in [3.05, 3.63) is 52.0 Å². The summed E-state index contributed by atoms with van der Waals surface area (Å²) in [4.78, 5) is 19.2. The van der Waals surface area contributed by atoms with Crippen molar-refractivity contribution in [2.24, 2.45) is 0 Å². The highest BCUT2D eigenvalue weighted by Gasteiger charge is 2.11. The Labute approximate surface area is 113 Å². The molecule has 5 nitrogen and oxygen atoms in total. The minimum Gasteiger partial charge on any atom is -0.372 e. The number of H-pyrrole nitrogens is 1. The predicted octanol–water partition coefficient (Wildman–Crippen LogP) is 2.41. The second-order valence-corrected chi connectivity index (χ2v) is 4.48. The first kappa shape index (κ1) is 11.8. The van der Waals surface area contributed by atoms with Crippen LogP contribution in [0.1, 0.15) is 0 Å². The van der Waals surface area contributed by atoms with Gasteiger partial charge in [-0.25, -0.2) is 9.36 Å². The third kappa shape index (κ3) is 1.88. The Hall–Kier alpha value is -2.27. The maximum Gasteiger partial charge on any atom is 0.355 e. The second-order valence-electron chi connectivity index (χ2n) is 4.05. The van der Waals surface area contributed by atoms with Gasteiger partial charge in [0.1, 0.15) is 11.6 Å². The van der Waals surface area contributed by atoms with Crippen LogP contribution in [0.3, 0.4) is 0 Å². The summed E-state index contributed by atoms with van der Waals surface area (Å²) in [6.45, 7) is 0. The molecule has 0 saturated carbocycles. The SMILES string of the molecule is CNc1nc(=O)n(-c2ccc[nH]2)c2cc(Cl)ccc12. The maximum absolute atomic E-state index is 12.2. The van der Waals surface area contributed by atoms with Crippen molar-refractivity contribution in [1.82, 2.24) is 14.5 Å². The molecular weight excluding hydrogens is 264 g/mol. The maximum atomic E-state index is 12.2. The largest absolute Gasteiger partial charge is 0.372 e. The van der Waals surface area contributed by atoms with Crippen LogP contribution in [0.15, 0.2) is 41.3 Å². The van der Waals surface area contributed by atoms with Crippen molar-refractivity contribution in [2.75, 3.05) is 12.4 Å². The molecule has 0 atom stereocenters. The highest BCUT2D eigenvalue weighted by atomic mass is 35.5. The molecule has 0 aliphatic carbocycles. The third-order valence-electron chi connectivity index (χ3n) is 2.91. The molecule has 6 heteroatoms. The Kier molecular flexibility index (Phi) is 2.76. The summed E-state index contributed by atoms with van der Waals surface area (Å²) < 4.78 is 1.50. The van der Waals surface area contributed by atoms with Crippen LogP contribution in [-0.2, 0) is 0 Å². The lowest BCUT2D eigenvalue weighted by atomic mass is 10.2. The Balaban J connectivity index is 2.48. The van der Waals surface area contributed by atoms with Crippen LogP contribution < -0.4 is 11.0 Å². The summed E-state index contributed by atoms with van der Waals surface area (Å²) in [6, 6.07) is 9.00. The van der Waals surface area contributed by atoms with E-state index in [0.717, 1.165) is 5.39 Å². The lowest BCUT2D eigenvalue weighted by Gasteiger charge is -2.11. The lowest BCUT2D eigenvalue weighted by molar-refractivity contribution is 0.934. The number of hydrogen-bond donors (Lipinski definition) is 2. The number of aromatic nitrogens is 3. The molecule has 96 valence electrons. The lowest BCUT2D eigenvalue weighted by Crippen LogP contribution is -2.23. The number of hydrogen-bond acceptors (Lipinski definition) is 3. The van der Waals surface area contributed by atoms with E-state index in [1.807, 2.05) is 18.2 Å². The molecule has 0 radical (unpaired) electrons. The van der Waals surface area contributed by atoms with Crippen molar-refractivity contribution in [1.29, 1.82) is 0 Å². The number of halogens is 1. The number of fused-ring (bicyclic) bond motifs is 1. The van der Waals surface area contributed by atoms with E-state index in [1.165, 1.54) is 4.57 Å². The van der Waals surface area contributed by atoms with Crippen molar-refractivity contribution in [3.8, 4) is 5.82 Å². The van der Waals surface area contributed by atoms with Gasteiger partial charge in [-0.1, -0.05) is 11.6 Å². The van der Waals surface area contributed by atoms with Crippen LogP contribution >= 0.6 is 11.6 Å². The Bertz CT molecular complexity index is 792. The number of anilines is 1. The van der Waals surface area contributed by atoms with Crippen molar-refractivity contribution in [3.63, 3.8) is 0 Å². The molecule has 0 fully saturated rings. The molecule has 2 heterocycles. The highest BCUT2D eigenvalue weighted by molar-refractivity contribution is 6.31. The fourth-order valence-corrected chi connectivity index (χ4v) is 2.25. The number of nitrogens with one attached hydrogen (secondary N) is 2. The fraction of sp³-hybridized carbons (Fsp3) is 0.0769. The number of rotatable bonds is 2. The van der Waals surface area contributed by atoms with Gasteiger partial charge in [0, 0.05) is 23.7 Å². The van der Waals surface area contributed by atoms with Crippen LogP contribution in [0.4, 0.5) is 5.82 Å². The van der Waals surface area contributed by atoms with Gasteiger partial charge in [-0.15, -0.1) is 0 Å². The van der Waals surface area contributed by atoms with Crippen LogP contribution in [-0.4, -0.2) is 21.6 Å². The zero-order valence-electron chi connectivity index (χ0n) is 10.1. The molecule has 0 bridgehead atoms. The van der Waals surface area contributed by atoms with Crippen LogP contribution in [0.2, 0.25) is 5.02 Å². The molecule has 19 heavy (non-hydrogen) atoms. The number of aromatic amines is 1. The van der Waals surface area contributed by atoms with E-state index in [0.29, 0.717) is 22.2 Å². The minimum absolute atomic E-state index is 0.360. The van der Waals surface area contributed by atoms with Gasteiger partial charge in [0.2, 0.25) is 0 Å². The Morgan fingerprint density at radius 2 is 2.21 bits per heavy atom. The van der Waals surface area contributed by atoms with Gasteiger partial charge in [0.25, 0.3) is 0 Å². The zero-order valence-corrected chi connectivity index (χ0v) is 10.9. The average Bonchev–Trinajstić information content (AvgIpc) is 2.91. The molecule has 3 rings (SSSR count). The molecule has 0 unspecified atom stereocenters. The van der Waals surface area contributed by atoms with Crippen LogP contribution in [0.5, 0.6) is 0 Å².